The Morgan fingerprint density at radius 2 is 2.19 bits per heavy atom. The van der Waals surface area contributed by atoms with E-state index in [9.17, 15) is 8.42 Å². The van der Waals surface area contributed by atoms with Gasteiger partial charge in [0, 0.05) is 36.9 Å². The Labute approximate surface area is 124 Å². The van der Waals surface area contributed by atoms with Crippen LogP contribution in [0.4, 0.5) is 0 Å². The third kappa shape index (κ3) is 3.93. The van der Waals surface area contributed by atoms with Crippen molar-refractivity contribution in [3.8, 4) is 0 Å². The van der Waals surface area contributed by atoms with E-state index in [1.54, 1.807) is 18.5 Å². The number of rotatable bonds is 8. The van der Waals surface area contributed by atoms with Crippen LogP contribution in [0.3, 0.4) is 0 Å². The van der Waals surface area contributed by atoms with Crippen molar-refractivity contribution in [2.75, 3.05) is 7.05 Å². The summed E-state index contributed by atoms with van der Waals surface area (Å²) in [6.45, 7) is 3.69. The number of hydrogen-bond donors (Lipinski definition) is 3. The molecule has 2 heterocycles. The largest absolute Gasteiger partial charge is 0.349 e. The minimum atomic E-state index is -3.52. The van der Waals surface area contributed by atoms with E-state index in [2.05, 4.69) is 26.9 Å². The molecule has 2 aromatic rings. The van der Waals surface area contributed by atoms with E-state index in [1.807, 2.05) is 11.6 Å². The van der Waals surface area contributed by atoms with Crippen LogP contribution in [0, 0.1) is 0 Å². The van der Waals surface area contributed by atoms with E-state index in [0.717, 1.165) is 24.4 Å². The van der Waals surface area contributed by atoms with Gasteiger partial charge in [-0.3, -0.25) is 0 Å². The van der Waals surface area contributed by atoms with E-state index in [0.29, 0.717) is 11.4 Å². The van der Waals surface area contributed by atoms with Crippen LogP contribution in [0.1, 0.15) is 24.7 Å². The molecule has 0 bridgehead atoms. The standard InChI is InChI=1S/C13H21N5O2S/c1-3-4-18-9-13(5-12(18)8-14-2)21(19,20)17-7-11-6-15-10-16-11/h5-6,9-10,14,17H,3-4,7-8H2,1-2H3,(H,15,16). The average molecular weight is 311 g/mol. The molecule has 0 amide bonds. The second kappa shape index (κ2) is 6.88. The molecule has 0 saturated heterocycles. The van der Waals surface area contributed by atoms with Gasteiger partial charge in [0.05, 0.1) is 17.8 Å². The molecule has 0 aliphatic rings. The molecule has 0 aromatic carbocycles. The molecule has 2 aromatic heterocycles. The lowest BCUT2D eigenvalue weighted by molar-refractivity contribution is 0.579. The summed E-state index contributed by atoms with van der Waals surface area (Å²) in [5.41, 5.74) is 1.68. The van der Waals surface area contributed by atoms with Gasteiger partial charge in [-0.2, -0.15) is 0 Å². The lowest BCUT2D eigenvalue weighted by Crippen LogP contribution is -2.23. The fourth-order valence-electron chi connectivity index (χ4n) is 2.09. The molecule has 7 nitrogen and oxygen atoms in total. The summed E-state index contributed by atoms with van der Waals surface area (Å²) in [7, 11) is -1.68. The average Bonchev–Trinajstić information content (AvgIpc) is 3.08. The highest BCUT2D eigenvalue weighted by atomic mass is 32.2. The molecule has 0 aliphatic carbocycles. The van der Waals surface area contributed by atoms with Gasteiger partial charge in [0.15, 0.2) is 0 Å². The maximum atomic E-state index is 12.3. The van der Waals surface area contributed by atoms with E-state index < -0.39 is 10.0 Å². The first-order valence-electron chi connectivity index (χ1n) is 6.87. The molecule has 0 atom stereocenters. The Hall–Kier alpha value is -1.64. The molecule has 0 spiro atoms. The van der Waals surface area contributed by atoms with E-state index in [1.165, 1.54) is 6.33 Å². The smallest absolute Gasteiger partial charge is 0.242 e. The summed E-state index contributed by atoms with van der Waals surface area (Å²) in [4.78, 5) is 7.02. The van der Waals surface area contributed by atoms with Crippen LogP contribution >= 0.6 is 0 Å². The molecule has 0 radical (unpaired) electrons. The Morgan fingerprint density at radius 3 is 2.81 bits per heavy atom. The lowest BCUT2D eigenvalue weighted by Gasteiger charge is -2.06. The van der Waals surface area contributed by atoms with Gasteiger partial charge in [0.2, 0.25) is 10.0 Å². The van der Waals surface area contributed by atoms with Crippen LogP contribution in [0.15, 0.2) is 29.7 Å². The predicted octanol–water partition coefficient (Wildman–Crippen LogP) is 0.819. The quantitative estimate of drug-likeness (QED) is 0.673. The molecule has 3 N–H and O–H groups in total. The number of aromatic amines is 1. The van der Waals surface area contributed by atoms with Gasteiger partial charge in [-0.15, -0.1) is 0 Å². The van der Waals surface area contributed by atoms with Gasteiger partial charge < -0.3 is 14.9 Å². The predicted molar refractivity (Wildman–Crippen MR) is 80.1 cm³/mol. The zero-order valence-corrected chi connectivity index (χ0v) is 13.1. The van der Waals surface area contributed by atoms with Crippen LogP contribution in [-0.4, -0.2) is 30.0 Å². The maximum absolute atomic E-state index is 12.3. The van der Waals surface area contributed by atoms with Crippen molar-refractivity contribution < 1.29 is 8.42 Å². The SMILES string of the molecule is CCCn1cc(S(=O)(=O)NCc2cnc[nH]2)cc1CNC. The molecular weight excluding hydrogens is 290 g/mol. The van der Waals surface area contributed by atoms with Gasteiger partial charge in [-0.25, -0.2) is 18.1 Å². The molecule has 8 heteroatoms. The monoisotopic (exact) mass is 311 g/mol. The van der Waals surface area contributed by atoms with Crippen LogP contribution in [0.5, 0.6) is 0 Å². The number of nitrogens with zero attached hydrogens (tertiary/aromatic N) is 2. The Kier molecular flexibility index (Phi) is 5.16. The fourth-order valence-corrected chi connectivity index (χ4v) is 3.16. The Bertz CT molecular complexity index is 637. The molecule has 0 unspecified atom stereocenters. The van der Waals surface area contributed by atoms with Crippen molar-refractivity contribution in [3.05, 3.63) is 36.2 Å². The van der Waals surface area contributed by atoms with E-state index in [-0.39, 0.29) is 6.54 Å². The minimum absolute atomic E-state index is 0.197. The van der Waals surface area contributed by atoms with Gasteiger partial charge in [-0.1, -0.05) is 6.92 Å². The normalized spacial score (nSPS) is 11.9. The highest BCUT2D eigenvalue weighted by molar-refractivity contribution is 7.89. The van der Waals surface area contributed by atoms with Gasteiger partial charge >= 0.3 is 0 Å². The van der Waals surface area contributed by atoms with Crippen LogP contribution < -0.4 is 10.0 Å². The number of aryl methyl sites for hydroxylation is 1. The fraction of sp³-hybridized carbons (Fsp3) is 0.462. The topological polar surface area (TPSA) is 91.8 Å². The summed E-state index contributed by atoms with van der Waals surface area (Å²) in [5, 5.41) is 3.05. The summed E-state index contributed by atoms with van der Waals surface area (Å²) in [6, 6.07) is 1.71. The highest BCUT2D eigenvalue weighted by Crippen LogP contribution is 2.15. The third-order valence-electron chi connectivity index (χ3n) is 3.10. The van der Waals surface area contributed by atoms with Crippen LogP contribution in [-0.2, 0) is 29.7 Å². The van der Waals surface area contributed by atoms with Crippen molar-refractivity contribution in [1.82, 2.24) is 24.6 Å². The molecular formula is C13H21N5O2S. The number of sulfonamides is 1. The zero-order valence-electron chi connectivity index (χ0n) is 12.3. The first kappa shape index (κ1) is 15.7. The molecule has 21 heavy (non-hydrogen) atoms. The highest BCUT2D eigenvalue weighted by Gasteiger charge is 2.18. The molecule has 2 rings (SSSR count). The third-order valence-corrected chi connectivity index (χ3v) is 4.47. The number of hydrogen-bond acceptors (Lipinski definition) is 4. The summed E-state index contributed by atoms with van der Waals surface area (Å²) in [5.74, 6) is 0. The minimum Gasteiger partial charge on any atom is -0.349 e. The number of nitrogens with one attached hydrogen (secondary N) is 3. The first-order chi connectivity index (χ1) is 10.1. The van der Waals surface area contributed by atoms with Crippen molar-refractivity contribution in [3.63, 3.8) is 0 Å². The summed E-state index contributed by atoms with van der Waals surface area (Å²) >= 11 is 0. The molecule has 0 fully saturated rings. The van der Waals surface area contributed by atoms with Gasteiger partial charge in [0.25, 0.3) is 0 Å². The molecule has 0 aliphatic heterocycles. The van der Waals surface area contributed by atoms with Crippen molar-refractivity contribution in [2.24, 2.45) is 0 Å². The second-order valence-electron chi connectivity index (χ2n) is 4.79. The van der Waals surface area contributed by atoms with Crippen molar-refractivity contribution in [2.45, 2.75) is 37.9 Å². The molecule has 116 valence electrons. The summed E-state index contributed by atoms with van der Waals surface area (Å²) < 4.78 is 29.2. The van der Waals surface area contributed by atoms with Crippen molar-refractivity contribution >= 4 is 10.0 Å². The van der Waals surface area contributed by atoms with Crippen LogP contribution in [0.25, 0.3) is 0 Å². The van der Waals surface area contributed by atoms with Crippen molar-refractivity contribution in [1.29, 1.82) is 0 Å². The Balaban J connectivity index is 2.16. The zero-order chi connectivity index (χ0) is 15.3. The van der Waals surface area contributed by atoms with E-state index >= 15 is 0 Å². The Morgan fingerprint density at radius 1 is 1.38 bits per heavy atom. The number of imidazole rings is 1. The lowest BCUT2D eigenvalue weighted by atomic mass is 10.4. The van der Waals surface area contributed by atoms with Crippen LogP contribution in [0.2, 0.25) is 0 Å². The number of H-pyrrole nitrogens is 1. The maximum Gasteiger partial charge on any atom is 0.242 e. The summed E-state index contributed by atoms with van der Waals surface area (Å²) in [6.07, 6.45) is 5.75. The van der Waals surface area contributed by atoms with E-state index in [4.69, 9.17) is 0 Å². The molecule has 0 saturated carbocycles. The van der Waals surface area contributed by atoms with Gasteiger partial charge in [-0.05, 0) is 19.5 Å². The second-order valence-corrected chi connectivity index (χ2v) is 6.56. The first-order valence-corrected chi connectivity index (χ1v) is 8.35. The van der Waals surface area contributed by atoms with Gasteiger partial charge in [0.1, 0.15) is 0 Å². The number of aromatic nitrogens is 3.